The van der Waals surface area contributed by atoms with E-state index in [0.29, 0.717) is 31.7 Å². The van der Waals surface area contributed by atoms with Gasteiger partial charge in [0.25, 0.3) is 5.56 Å². The Morgan fingerprint density at radius 2 is 1.86 bits per heavy atom. The van der Waals surface area contributed by atoms with Crippen LogP contribution in [-0.2, 0) is 17.9 Å². The van der Waals surface area contributed by atoms with Crippen LogP contribution in [0.3, 0.4) is 0 Å². The Kier molecular flexibility index (Phi) is 5.56. The number of hydrogen-bond donors (Lipinski definition) is 1. The molecule has 1 N–H and O–H groups in total. The Morgan fingerprint density at radius 1 is 1.03 bits per heavy atom. The fraction of sp³-hybridized carbons (Fsp3) is 0.227. The molecule has 3 aromatic rings. The molecule has 0 radical (unpaired) electrons. The minimum absolute atomic E-state index is 0.0741. The summed E-state index contributed by atoms with van der Waals surface area (Å²) in [6.07, 6.45) is 0.840. The van der Waals surface area contributed by atoms with E-state index in [4.69, 9.17) is 9.47 Å². The van der Waals surface area contributed by atoms with Gasteiger partial charge in [0.2, 0.25) is 12.7 Å². The van der Waals surface area contributed by atoms with E-state index in [1.54, 1.807) is 6.07 Å². The average molecular weight is 391 g/mol. The molecule has 0 aliphatic carbocycles. The van der Waals surface area contributed by atoms with Crippen LogP contribution in [0.1, 0.15) is 18.4 Å². The number of benzene rings is 2. The molecule has 0 spiro atoms. The zero-order valence-corrected chi connectivity index (χ0v) is 15.8. The zero-order valence-electron chi connectivity index (χ0n) is 15.8. The van der Waals surface area contributed by atoms with Crippen LogP contribution in [0.15, 0.2) is 65.5 Å². The van der Waals surface area contributed by atoms with Crippen molar-refractivity contribution >= 4 is 5.91 Å². The van der Waals surface area contributed by atoms with Gasteiger partial charge in [0.1, 0.15) is 0 Å². The summed E-state index contributed by atoms with van der Waals surface area (Å²) in [5.74, 6) is 1.34. The van der Waals surface area contributed by atoms with Crippen LogP contribution in [-0.4, -0.2) is 22.5 Å². The number of rotatable bonds is 7. The van der Waals surface area contributed by atoms with Crippen molar-refractivity contribution in [3.63, 3.8) is 0 Å². The molecule has 0 saturated carbocycles. The van der Waals surface area contributed by atoms with Gasteiger partial charge in [0.05, 0.1) is 5.69 Å². The minimum atomic E-state index is -0.176. The maximum absolute atomic E-state index is 12.1. The first-order valence-electron chi connectivity index (χ1n) is 9.48. The van der Waals surface area contributed by atoms with Gasteiger partial charge in [-0.15, -0.1) is 0 Å². The highest BCUT2D eigenvalue weighted by atomic mass is 16.7. The number of nitrogens with zero attached hydrogens (tertiary/aromatic N) is 2. The first-order chi connectivity index (χ1) is 14.2. The van der Waals surface area contributed by atoms with Gasteiger partial charge < -0.3 is 14.8 Å². The molecule has 0 fully saturated rings. The van der Waals surface area contributed by atoms with Crippen LogP contribution < -0.4 is 20.3 Å². The van der Waals surface area contributed by atoms with Gasteiger partial charge in [-0.3, -0.25) is 9.59 Å². The largest absolute Gasteiger partial charge is 0.454 e. The standard InChI is InChI=1S/C22H21N3O4/c26-21(23-14-16-8-10-19-20(13-16)29-15-28-19)7-4-12-25-22(27)11-9-18(24-25)17-5-2-1-3-6-17/h1-3,5-6,8-11,13H,4,7,12,14-15H2,(H,23,26). The molecule has 1 aliphatic heterocycles. The summed E-state index contributed by atoms with van der Waals surface area (Å²) in [5, 5.41) is 7.30. The van der Waals surface area contributed by atoms with Crippen LogP contribution in [0.5, 0.6) is 11.5 Å². The van der Waals surface area contributed by atoms with Crippen LogP contribution in [0.4, 0.5) is 0 Å². The lowest BCUT2D eigenvalue weighted by molar-refractivity contribution is -0.121. The van der Waals surface area contributed by atoms with Gasteiger partial charge in [-0.25, -0.2) is 4.68 Å². The topological polar surface area (TPSA) is 82.5 Å². The van der Waals surface area contributed by atoms with E-state index in [2.05, 4.69) is 10.4 Å². The summed E-state index contributed by atoms with van der Waals surface area (Å²) in [7, 11) is 0. The Balaban J connectivity index is 1.28. The fourth-order valence-corrected chi connectivity index (χ4v) is 3.10. The molecule has 2 aromatic carbocycles. The Morgan fingerprint density at radius 3 is 2.72 bits per heavy atom. The quantitative estimate of drug-likeness (QED) is 0.670. The van der Waals surface area contributed by atoms with Crippen molar-refractivity contribution in [2.24, 2.45) is 0 Å². The highest BCUT2D eigenvalue weighted by Gasteiger charge is 2.13. The van der Waals surface area contributed by atoms with E-state index in [1.807, 2.05) is 48.5 Å². The van der Waals surface area contributed by atoms with Gasteiger partial charge in [-0.2, -0.15) is 5.10 Å². The van der Waals surface area contributed by atoms with Crippen LogP contribution in [0, 0.1) is 0 Å². The maximum Gasteiger partial charge on any atom is 0.266 e. The van der Waals surface area contributed by atoms with E-state index in [9.17, 15) is 9.59 Å². The average Bonchev–Trinajstić information content (AvgIpc) is 3.22. The van der Waals surface area contributed by atoms with Crippen molar-refractivity contribution in [2.45, 2.75) is 25.9 Å². The first-order valence-corrected chi connectivity index (χ1v) is 9.48. The molecular formula is C22H21N3O4. The summed E-state index contributed by atoms with van der Waals surface area (Å²) >= 11 is 0. The SMILES string of the molecule is O=C(CCCn1nc(-c2ccccc2)ccc1=O)NCc1ccc2c(c1)OCO2. The second kappa shape index (κ2) is 8.60. The fourth-order valence-electron chi connectivity index (χ4n) is 3.10. The maximum atomic E-state index is 12.1. The molecule has 0 bridgehead atoms. The van der Waals surface area contributed by atoms with Crippen molar-refractivity contribution < 1.29 is 14.3 Å². The second-order valence-corrected chi connectivity index (χ2v) is 6.71. The summed E-state index contributed by atoms with van der Waals surface area (Å²) in [5.41, 5.74) is 2.45. The Bertz CT molecular complexity index is 1060. The van der Waals surface area contributed by atoms with Crippen LogP contribution >= 0.6 is 0 Å². The van der Waals surface area contributed by atoms with E-state index < -0.39 is 0 Å². The molecule has 7 heteroatoms. The number of aryl methyl sites for hydroxylation is 1. The number of ether oxygens (including phenoxy) is 2. The molecule has 4 rings (SSSR count). The lowest BCUT2D eigenvalue weighted by Gasteiger charge is -2.08. The number of nitrogens with one attached hydrogen (secondary N) is 1. The van der Waals surface area contributed by atoms with Crippen molar-refractivity contribution in [2.75, 3.05) is 6.79 Å². The number of carbonyl (C=O) groups is 1. The summed E-state index contributed by atoms with van der Waals surface area (Å²) in [6.45, 7) is 1.03. The summed E-state index contributed by atoms with van der Waals surface area (Å²) < 4.78 is 12.0. The number of hydrogen-bond acceptors (Lipinski definition) is 5. The van der Waals surface area contributed by atoms with Crippen LogP contribution in [0.2, 0.25) is 0 Å². The van der Waals surface area contributed by atoms with Crippen molar-refractivity contribution in [3.8, 4) is 22.8 Å². The van der Waals surface area contributed by atoms with E-state index in [1.165, 1.54) is 10.7 Å². The third kappa shape index (κ3) is 4.63. The predicted octanol–water partition coefficient (Wildman–Crippen LogP) is 2.74. The monoisotopic (exact) mass is 391 g/mol. The lowest BCUT2D eigenvalue weighted by atomic mass is 10.1. The Hall–Kier alpha value is -3.61. The minimum Gasteiger partial charge on any atom is -0.454 e. The highest BCUT2D eigenvalue weighted by Crippen LogP contribution is 2.32. The van der Waals surface area contributed by atoms with Crippen molar-refractivity contribution in [1.29, 1.82) is 0 Å². The van der Waals surface area contributed by atoms with Gasteiger partial charge in [-0.1, -0.05) is 36.4 Å². The first kappa shape index (κ1) is 18.7. The van der Waals surface area contributed by atoms with Gasteiger partial charge in [0, 0.05) is 31.1 Å². The molecule has 0 atom stereocenters. The van der Waals surface area contributed by atoms with Gasteiger partial charge in [0.15, 0.2) is 11.5 Å². The highest BCUT2D eigenvalue weighted by molar-refractivity contribution is 5.75. The lowest BCUT2D eigenvalue weighted by Crippen LogP contribution is -2.25. The van der Waals surface area contributed by atoms with Crippen molar-refractivity contribution in [1.82, 2.24) is 15.1 Å². The van der Waals surface area contributed by atoms with E-state index in [-0.39, 0.29) is 18.3 Å². The molecular weight excluding hydrogens is 370 g/mol. The normalized spacial score (nSPS) is 12.0. The smallest absolute Gasteiger partial charge is 0.266 e. The molecule has 7 nitrogen and oxygen atoms in total. The van der Waals surface area contributed by atoms with Crippen molar-refractivity contribution in [3.05, 3.63) is 76.6 Å². The predicted molar refractivity (Wildman–Crippen MR) is 108 cm³/mol. The number of amides is 1. The number of carbonyl (C=O) groups excluding carboxylic acids is 1. The molecule has 1 aromatic heterocycles. The summed E-state index contributed by atoms with van der Waals surface area (Å²) in [4.78, 5) is 24.2. The molecule has 148 valence electrons. The number of aromatic nitrogens is 2. The molecule has 29 heavy (non-hydrogen) atoms. The summed E-state index contributed by atoms with van der Waals surface area (Å²) in [6, 6.07) is 18.5. The van der Waals surface area contributed by atoms with Gasteiger partial charge >= 0.3 is 0 Å². The van der Waals surface area contributed by atoms with E-state index >= 15 is 0 Å². The molecule has 2 heterocycles. The zero-order chi connectivity index (χ0) is 20.1. The third-order valence-corrected chi connectivity index (χ3v) is 4.64. The van der Waals surface area contributed by atoms with E-state index in [0.717, 1.165) is 22.6 Å². The Labute approximate surface area is 167 Å². The molecule has 1 amide bonds. The molecule has 0 unspecified atom stereocenters. The molecule has 0 saturated heterocycles. The second-order valence-electron chi connectivity index (χ2n) is 6.71. The third-order valence-electron chi connectivity index (χ3n) is 4.64. The van der Waals surface area contributed by atoms with Gasteiger partial charge in [-0.05, 0) is 30.2 Å². The molecule has 1 aliphatic rings. The number of fused-ring (bicyclic) bond motifs is 1. The van der Waals surface area contributed by atoms with Crippen LogP contribution in [0.25, 0.3) is 11.3 Å².